The Hall–Kier alpha value is -1.29. The number of rotatable bonds is 1. The minimum absolute atomic E-state index is 0.0102. The molecule has 0 spiro atoms. The van der Waals surface area contributed by atoms with Crippen LogP contribution in [0.15, 0.2) is 12.1 Å². The molecule has 0 saturated heterocycles. The van der Waals surface area contributed by atoms with Gasteiger partial charge in [-0.25, -0.2) is 0 Å². The fourth-order valence-corrected chi connectivity index (χ4v) is 2.21. The van der Waals surface area contributed by atoms with Gasteiger partial charge in [-0.05, 0) is 33.9 Å². The van der Waals surface area contributed by atoms with E-state index in [0.717, 1.165) is 12.0 Å². The first-order valence-corrected chi connectivity index (χ1v) is 6.69. The minimum atomic E-state index is 0.0102. The van der Waals surface area contributed by atoms with Gasteiger partial charge in [-0.15, -0.1) is 0 Å². The molecular formula is C17H25N. The molecule has 98 valence electrons. The molecule has 0 fully saturated rings. The predicted molar refractivity (Wildman–Crippen MR) is 77.9 cm³/mol. The van der Waals surface area contributed by atoms with Crippen LogP contribution in [0.5, 0.6) is 0 Å². The number of aryl methyl sites for hydroxylation is 1. The van der Waals surface area contributed by atoms with Gasteiger partial charge in [-0.3, -0.25) is 0 Å². The average molecular weight is 243 g/mol. The second-order valence-electron chi connectivity index (χ2n) is 7.03. The van der Waals surface area contributed by atoms with Gasteiger partial charge in [0.25, 0.3) is 0 Å². The van der Waals surface area contributed by atoms with E-state index in [0.29, 0.717) is 0 Å². The highest BCUT2D eigenvalue weighted by Gasteiger charge is 2.26. The highest BCUT2D eigenvalue weighted by atomic mass is 14.3. The van der Waals surface area contributed by atoms with Crippen LogP contribution in [0.3, 0.4) is 0 Å². The van der Waals surface area contributed by atoms with Crippen molar-refractivity contribution >= 4 is 0 Å². The van der Waals surface area contributed by atoms with Crippen LogP contribution >= 0.6 is 0 Å². The van der Waals surface area contributed by atoms with E-state index < -0.39 is 0 Å². The van der Waals surface area contributed by atoms with Crippen LogP contribution in [-0.2, 0) is 17.3 Å². The van der Waals surface area contributed by atoms with Crippen LogP contribution in [0.25, 0.3) is 0 Å². The molecule has 1 nitrogen and oxygen atoms in total. The van der Waals surface area contributed by atoms with Crippen molar-refractivity contribution in [3.05, 3.63) is 34.4 Å². The third-order valence-electron chi connectivity index (χ3n) is 3.33. The Morgan fingerprint density at radius 2 is 1.33 bits per heavy atom. The summed E-state index contributed by atoms with van der Waals surface area (Å²) in [7, 11) is 0. The molecule has 0 aliphatic rings. The lowest BCUT2D eigenvalue weighted by Crippen LogP contribution is -2.20. The molecule has 0 amide bonds. The normalized spacial score (nSPS) is 12.3. The van der Waals surface area contributed by atoms with Crippen LogP contribution in [0.2, 0.25) is 0 Å². The molecule has 0 heterocycles. The lowest BCUT2D eigenvalue weighted by Gasteiger charge is -2.28. The van der Waals surface area contributed by atoms with Gasteiger partial charge in [0.2, 0.25) is 0 Å². The topological polar surface area (TPSA) is 23.8 Å². The highest BCUT2D eigenvalue weighted by molar-refractivity contribution is 5.52. The third kappa shape index (κ3) is 2.93. The summed E-state index contributed by atoms with van der Waals surface area (Å²) in [4.78, 5) is 0. The highest BCUT2D eigenvalue weighted by Crippen LogP contribution is 2.34. The van der Waals surface area contributed by atoms with Gasteiger partial charge >= 0.3 is 0 Å². The zero-order chi connectivity index (χ0) is 14.1. The van der Waals surface area contributed by atoms with E-state index in [-0.39, 0.29) is 10.8 Å². The summed E-state index contributed by atoms with van der Waals surface area (Å²) in [6.45, 7) is 15.2. The zero-order valence-corrected chi connectivity index (χ0v) is 12.8. The first kappa shape index (κ1) is 14.8. The Kier molecular flexibility index (Phi) is 3.91. The fourth-order valence-electron chi connectivity index (χ4n) is 2.21. The van der Waals surface area contributed by atoms with Gasteiger partial charge in [-0.2, -0.15) is 5.26 Å². The maximum atomic E-state index is 9.54. The summed E-state index contributed by atoms with van der Waals surface area (Å²) >= 11 is 0. The van der Waals surface area contributed by atoms with Gasteiger partial charge in [-0.1, -0.05) is 60.6 Å². The summed E-state index contributed by atoms with van der Waals surface area (Å²) in [5.41, 5.74) is 4.56. The lowest BCUT2D eigenvalue weighted by molar-refractivity contribution is 0.564. The maximum Gasteiger partial charge on any atom is 0.0997 e. The first-order valence-electron chi connectivity index (χ1n) is 6.69. The predicted octanol–water partition coefficient (Wildman–Crippen LogP) is 4.72. The molecule has 0 atom stereocenters. The molecule has 1 aromatic carbocycles. The largest absolute Gasteiger partial charge is 0.192 e. The van der Waals surface area contributed by atoms with Gasteiger partial charge in [0.15, 0.2) is 0 Å². The van der Waals surface area contributed by atoms with Crippen LogP contribution < -0.4 is 0 Å². The monoisotopic (exact) mass is 243 g/mol. The summed E-state index contributed by atoms with van der Waals surface area (Å²) in [6, 6.07) is 6.83. The second-order valence-corrected chi connectivity index (χ2v) is 7.03. The zero-order valence-electron chi connectivity index (χ0n) is 12.8. The Morgan fingerprint density at radius 3 is 1.56 bits per heavy atom. The molecule has 0 bridgehead atoms. The number of hydrogen-bond donors (Lipinski definition) is 0. The molecule has 0 radical (unpaired) electrons. The van der Waals surface area contributed by atoms with Gasteiger partial charge in [0, 0.05) is 0 Å². The van der Waals surface area contributed by atoms with Crippen LogP contribution in [0.1, 0.15) is 70.7 Å². The van der Waals surface area contributed by atoms with Crippen molar-refractivity contribution in [2.45, 2.75) is 65.7 Å². The fraction of sp³-hybridized carbons (Fsp3) is 0.588. The molecule has 0 saturated carbocycles. The number of hydrogen-bond acceptors (Lipinski definition) is 1. The van der Waals surface area contributed by atoms with Gasteiger partial charge in [0.1, 0.15) is 0 Å². The molecule has 0 N–H and O–H groups in total. The summed E-state index contributed by atoms with van der Waals surface area (Å²) in [6.07, 6.45) is 1.01. The Bertz CT molecular complexity index is 441. The van der Waals surface area contributed by atoms with Gasteiger partial charge in [0.05, 0.1) is 11.6 Å². The Morgan fingerprint density at radius 1 is 0.944 bits per heavy atom. The van der Waals surface area contributed by atoms with Crippen molar-refractivity contribution in [3.8, 4) is 6.07 Å². The molecule has 1 aromatic rings. The Labute approximate surface area is 112 Å². The van der Waals surface area contributed by atoms with Crippen molar-refractivity contribution in [3.63, 3.8) is 0 Å². The van der Waals surface area contributed by atoms with Crippen LogP contribution in [0, 0.1) is 11.3 Å². The number of nitrogens with zero attached hydrogens (tertiary/aromatic N) is 1. The van der Waals surface area contributed by atoms with Crippen LogP contribution in [-0.4, -0.2) is 0 Å². The maximum absolute atomic E-state index is 9.54. The molecule has 0 unspecified atom stereocenters. The van der Waals surface area contributed by atoms with Crippen molar-refractivity contribution in [1.82, 2.24) is 0 Å². The standard InChI is InChI=1S/C17H25N/c1-8-12-9-14(16(2,3)4)13(11-18)15(10-12)17(5,6)7/h9-10H,8H2,1-7H3. The van der Waals surface area contributed by atoms with Crippen molar-refractivity contribution < 1.29 is 0 Å². The summed E-state index contributed by atoms with van der Waals surface area (Å²) < 4.78 is 0. The average Bonchev–Trinajstić information content (AvgIpc) is 2.24. The minimum Gasteiger partial charge on any atom is -0.192 e. The molecule has 18 heavy (non-hydrogen) atoms. The van der Waals surface area contributed by atoms with E-state index >= 15 is 0 Å². The van der Waals surface area contributed by atoms with Gasteiger partial charge < -0.3 is 0 Å². The quantitative estimate of drug-likeness (QED) is 0.700. The van der Waals surface area contributed by atoms with E-state index in [1.165, 1.54) is 16.7 Å². The lowest BCUT2D eigenvalue weighted by atomic mass is 9.75. The van der Waals surface area contributed by atoms with E-state index in [1.807, 2.05) is 0 Å². The van der Waals surface area contributed by atoms with Crippen molar-refractivity contribution in [1.29, 1.82) is 5.26 Å². The molecule has 0 aliphatic carbocycles. The summed E-state index contributed by atoms with van der Waals surface area (Å²) in [5, 5.41) is 9.54. The molecule has 0 aliphatic heterocycles. The molecular weight excluding hydrogens is 218 g/mol. The van der Waals surface area contributed by atoms with E-state index in [2.05, 4.69) is 66.7 Å². The smallest absolute Gasteiger partial charge is 0.0997 e. The van der Waals surface area contributed by atoms with Crippen LogP contribution in [0.4, 0.5) is 0 Å². The number of benzene rings is 1. The summed E-state index contributed by atoms with van der Waals surface area (Å²) in [5.74, 6) is 0. The van der Waals surface area contributed by atoms with Crippen molar-refractivity contribution in [2.24, 2.45) is 0 Å². The van der Waals surface area contributed by atoms with Crippen molar-refractivity contribution in [2.75, 3.05) is 0 Å². The molecule has 1 heteroatoms. The third-order valence-corrected chi connectivity index (χ3v) is 3.33. The SMILES string of the molecule is CCc1cc(C(C)(C)C)c(C#N)c(C(C)(C)C)c1. The second kappa shape index (κ2) is 4.76. The number of nitriles is 1. The van der Waals surface area contributed by atoms with E-state index in [1.54, 1.807) is 0 Å². The Balaban J connectivity index is 3.68. The molecule has 0 aromatic heterocycles. The molecule has 1 rings (SSSR count). The van der Waals surface area contributed by atoms with E-state index in [9.17, 15) is 5.26 Å². The first-order chi connectivity index (χ1) is 8.11. The van der Waals surface area contributed by atoms with E-state index in [4.69, 9.17) is 0 Å².